The topological polar surface area (TPSA) is 112 Å². The largest absolute Gasteiger partial charge is 0.494 e. The highest BCUT2D eigenvalue weighted by atomic mass is 16.5. The molecule has 0 atom stereocenters. The Balaban J connectivity index is 1.79. The van der Waals surface area contributed by atoms with Crippen LogP contribution in [0, 0.1) is 0 Å². The fourth-order valence-electron chi connectivity index (χ4n) is 2.65. The van der Waals surface area contributed by atoms with Gasteiger partial charge in [0.15, 0.2) is 0 Å². The summed E-state index contributed by atoms with van der Waals surface area (Å²) in [5, 5.41) is 8.94. The molecule has 3 rings (SSSR count). The predicted octanol–water partition coefficient (Wildman–Crippen LogP) is 0.964. The van der Waals surface area contributed by atoms with E-state index in [9.17, 15) is 14.4 Å². The normalized spacial score (nSPS) is 12.1. The van der Waals surface area contributed by atoms with Crippen LogP contribution < -0.4 is 26.6 Å². The van der Waals surface area contributed by atoms with Gasteiger partial charge >= 0.3 is 5.97 Å². The second kappa shape index (κ2) is 9.36. The lowest BCUT2D eigenvalue weighted by molar-refractivity contribution is -0.137. The number of carbonyl (C=O) groups is 1. The number of carboxylic acids is 1. The van der Waals surface area contributed by atoms with Crippen molar-refractivity contribution in [2.24, 2.45) is 0 Å². The first kappa shape index (κ1) is 19.9. The van der Waals surface area contributed by atoms with Crippen molar-refractivity contribution >= 4 is 18.1 Å². The molecule has 3 aromatic rings. The fourth-order valence-corrected chi connectivity index (χ4v) is 2.65. The molecule has 0 aliphatic heterocycles. The Bertz CT molecular complexity index is 1210. The van der Waals surface area contributed by atoms with Crippen LogP contribution in [0.4, 0.5) is 0 Å². The Morgan fingerprint density at radius 3 is 1.97 bits per heavy atom. The van der Waals surface area contributed by atoms with E-state index in [0.29, 0.717) is 24.3 Å². The van der Waals surface area contributed by atoms with Crippen molar-refractivity contribution in [2.75, 3.05) is 6.61 Å². The van der Waals surface area contributed by atoms with Gasteiger partial charge in [-0.2, -0.15) is 0 Å². The van der Waals surface area contributed by atoms with Crippen molar-refractivity contribution in [2.45, 2.75) is 12.8 Å². The van der Waals surface area contributed by atoms with Crippen molar-refractivity contribution in [1.82, 2.24) is 9.97 Å². The van der Waals surface area contributed by atoms with Crippen LogP contribution in [0.5, 0.6) is 5.75 Å². The summed E-state index contributed by atoms with van der Waals surface area (Å²) in [6, 6.07) is 16.2. The van der Waals surface area contributed by atoms with E-state index in [4.69, 9.17) is 9.84 Å². The van der Waals surface area contributed by atoms with E-state index in [1.54, 1.807) is 36.4 Å². The minimum Gasteiger partial charge on any atom is -0.494 e. The summed E-state index contributed by atoms with van der Waals surface area (Å²) in [4.78, 5) is 40.3. The lowest BCUT2D eigenvalue weighted by atomic mass is 10.2. The average Bonchev–Trinajstić information content (AvgIpc) is 2.71. The van der Waals surface area contributed by atoms with Crippen molar-refractivity contribution in [3.8, 4) is 5.75 Å². The van der Waals surface area contributed by atoms with Crippen LogP contribution in [0.15, 0.2) is 64.2 Å². The molecule has 29 heavy (non-hydrogen) atoms. The molecule has 0 fully saturated rings. The molecule has 148 valence electrons. The third-order valence-electron chi connectivity index (χ3n) is 4.09. The summed E-state index contributed by atoms with van der Waals surface area (Å²) in [5.41, 5.74) is 0.729. The van der Waals surface area contributed by atoms with E-state index in [0.717, 1.165) is 5.56 Å². The first-order chi connectivity index (χ1) is 14.0. The number of rotatable bonds is 7. The van der Waals surface area contributed by atoms with Crippen molar-refractivity contribution in [1.29, 1.82) is 0 Å². The number of ether oxygens (including phenoxy) is 1. The van der Waals surface area contributed by atoms with Crippen LogP contribution in [0.2, 0.25) is 0 Å². The summed E-state index contributed by atoms with van der Waals surface area (Å²) < 4.78 is 5.47. The summed E-state index contributed by atoms with van der Waals surface area (Å²) >= 11 is 0. The number of nitrogens with one attached hydrogen (secondary N) is 2. The molecule has 3 N–H and O–H groups in total. The quantitative estimate of drug-likeness (QED) is 0.519. The Labute approximate surface area is 165 Å². The summed E-state index contributed by atoms with van der Waals surface area (Å²) in [7, 11) is 0. The van der Waals surface area contributed by atoms with Crippen LogP contribution in [0.25, 0.3) is 12.2 Å². The molecule has 0 saturated heterocycles. The molecule has 0 aliphatic rings. The van der Waals surface area contributed by atoms with Gasteiger partial charge in [0.25, 0.3) is 11.1 Å². The second-order valence-corrected chi connectivity index (χ2v) is 6.35. The number of carboxylic acid groups (broad SMARTS) is 1. The Morgan fingerprint density at radius 2 is 1.41 bits per heavy atom. The van der Waals surface area contributed by atoms with Gasteiger partial charge in [0, 0.05) is 6.42 Å². The van der Waals surface area contributed by atoms with Gasteiger partial charge in [0.1, 0.15) is 16.4 Å². The zero-order valence-corrected chi connectivity index (χ0v) is 15.6. The maximum Gasteiger partial charge on any atom is 0.303 e. The van der Waals surface area contributed by atoms with E-state index in [2.05, 4.69) is 9.97 Å². The van der Waals surface area contributed by atoms with Crippen molar-refractivity contribution < 1.29 is 14.6 Å². The van der Waals surface area contributed by atoms with Gasteiger partial charge < -0.3 is 19.8 Å². The molecule has 7 heteroatoms. The zero-order chi connectivity index (χ0) is 20.6. The highest BCUT2D eigenvalue weighted by molar-refractivity contribution is 5.66. The van der Waals surface area contributed by atoms with Crippen molar-refractivity contribution in [3.63, 3.8) is 0 Å². The molecule has 0 spiro atoms. The molecule has 2 aromatic carbocycles. The molecule has 7 nitrogen and oxygen atoms in total. The monoisotopic (exact) mass is 392 g/mol. The van der Waals surface area contributed by atoms with Gasteiger partial charge in [-0.25, -0.2) is 0 Å². The zero-order valence-electron chi connectivity index (χ0n) is 15.6. The third-order valence-corrected chi connectivity index (χ3v) is 4.09. The van der Waals surface area contributed by atoms with E-state index in [1.165, 1.54) is 0 Å². The molecule has 1 heterocycles. The Hall–Kier alpha value is -3.87. The molecule has 0 radical (unpaired) electrons. The highest BCUT2D eigenvalue weighted by Crippen LogP contribution is 2.12. The predicted molar refractivity (Wildman–Crippen MR) is 109 cm³/mol. The molecule has 0 saturated carbocycles. The minimum absolute atomic E-state index is 0.0553. The van der Waals surface area contributed by atoms with Crippen LogP contribution in [0.3, 0.4) is 0 Å². The number of hydrogen-bond acceptors (Lipinski definition) is 4. The standard InChI is InChI=1S/C22H20N2O5/c25-20(26)7-4-12-29-17-10-8-16(9-11-17)14-19-22(28)23-18(21(27)24-19)13-15-5-2-1-3-6-15/h1-3,5-6,8-11,13-14H,4,7,12H2,(H,23,28)(H,24,27)(H,25,26)/b18-13-,19-14-. The lowest BCUT2D eigenvalue weighted by Gasteiger charge is -2.05. The van der Waals surface area contributed by atoms with Crippen LogP contribution in [-0.2, 0) is 4.79 Å². The first-order valence-electron chi connectivity index (χ1n) is 9.07. The first-order valence-corrected chi connectivity index (χ1v) is 9.07. The molecule has 0 unspecified atom stereocenters. The molecule has 1 aromatic heterocycles. The molecular weight excluding hydrogens is 372 g/mol. The van der Waals surface area contributed by atoms with Crippen LogP contribution >= 0.6 is 0 Å². The minimum atomic E-state index is -0.856. The number of aromatic amines is 2. The number of hydrogen-bond donors (Lipinski definition) is 3. The fraction of sp³-hybridized carbons (Fsp3) is 0.136. The third kappa shape index (κ3) is 5.80. The molecule has 0 amide bonds. The van der Waals surface area contributed by atoms with E-state index in [-0.39, 0.29) is 17.1 Å². The Kier molecular flexibility index (Phi) is 6.42. The van der Waals surface area contributed by atoms with Gasteiger partial charge in [-0.1, -0.05) is 42.5 Å². The smallest absolute Gasteiger partial charge is 0.303 e. The number of aromatic nitrogens is 2. The molecular formula is C22H20N2O5. The summed E-state index contributed by atoms with van der Waals surface area (Å²) in [5.74, 6) is -0.257. The van der Waals surface area contributed by atoms with Gasteiger partial charge in [-0.3, -0.25) is 14.4 Å². The highest BCUT2D eigenvalue weighted by Gasteiger charge is 2.00. The van der Waals surface area contributed by atoms with E-state index >= 15 is 0 Å². The number of aliphatic carboxylic acids is 1. The molecule has 0 bridgehead atoms. The van der Waals surface area contributed by atoms with Gasteiger partial charge in [-0.05, 0) is 41.8 Å². The second-order valence-electron chi connectivity index (χ2n) is 6.35. The van der Waals surface area contributed by atoms with Gasteiger partial charge in [0.05, 0.1) is 6.61 Å². The summed E-state index contributed by atoms with van der Waals surface area (Å²) in [6.45, 7) is 0.307. The SMILES string of the molecule is O=C(O)CCCOc1ccc(/C=c2\[nH]c(=O)/c(=C/c3ccccc3)[nH]c2=O)cc1. The van der Waals surface area contributed by atoms with E-state index in [1.807, 2.05) is 30.3 Å². The van der Waals surface area contributed by atoms with Crippen molar-refractivity contribution in [3.05, 3.63) is 97.1 Å². The Morgan fingerprint density at radius 1 is 0.862 bits per heavy atom. The maximum atomic E-state index is 12.3. The summed E-state index contributed by atoms with van der Waals surface area (Å²) in [6.07, 6.45) is 3.66. The van der Waals surface area contributed by atoms with Crippen LogP contribution in [-0.4, -0.2) is 27.7 Å². The molecule has 0 aliphatic carbocycles. The van der Waals surface area contributed by atoms with E-state index < -0.39 is 17.1 Å². The van der Waals surface area contributed by atoms with Gasteiger partial charge in [0.2, 0.25) is 0 Å². The number of benzene rings is 2. The van der Waals surface area contributed by atoms with Crippen LogP contribution in [0.1, 0.15) is 24.0 Å². The van der Waals surface area contributed by atoms with Gasteiger partial charge in [-0.15, -0.1) is 0 Å². The maximum absolute atomic E-state index is 12.3. The number of H-pyrrole nitrogens is 2. The lowest BCUT2D eigenvalue weighted by Crippen LogP contribution is -2.46. The average molecular weight is 392 g/mol.